The van der Waals surface area contributed by atoms with Crippen LogP contribution in [0.4, 0.5) is 0 Å². The van der Waals surface area contributed by atoms with Gasteiger partial charge in [-0.1, -0.05) is 126 Å². The van der Waals surface area contributed by atoms with Gasteiger partial charge in [0.2, 0.25) is 0 Å². The molecule has 0 saturated carbocycles. The molecule has 0 N–H and O–H groups in total. The van der Waals surface area contributed by atoms with Crippen LogP contribution < -0.4 is 4.57 Å². The summed E-state index contributed by atoms with van der Waals surface area (Å²) in [7, 11) is 0. The van der Waals surface area contributed by atoms with Crippen LogP contribution in [0.3, 0.4) is 0 Å². The van der Waals surface area contributed by atoms with Crippen molar-refractivity contribution in [2.45, 2.75) is 66.2 Å². The van der Waals surface area contributed by atoms with E-state index in [1.165, 1.54) is 56.1 Å². The van der Waals surface area contributed by atoms with Crippen molar-refractivity contribution in [2.75, 3.05) is 0 Å². The van der Waals surface area contributed by atoms with Gasteiger partial charge in [0.1, 0.15) is 23.8 Å². The van der Waals surface area contributed by atoms with Crippen LogP contribution in [0.2, 0.25) is 0 Å². The van der Waals surface area contributed by atoms with Gasteiger partial charge in [0, 0.05) is 18.1 Å². The molecule has 0 spiro atoms. The second kappa shape index (κ2) is 10.0. The highest BCUT2D eigenvalue weighted by Crippen LogP contribution is 2.36. The van der Waals surface area contributed by atoms with Crippen LogP contribution in [0.1, 0.15) is 64.1 Å². The first-order valence-electron chi connectivity index (χ1n) is 14.0. The van der Waals surface area contributed by atoms with Gasteiger partial charge in [-0.05, 0) is 51.6 Å². The van der Waals surface area contributed by atoms with Crippen LogP contribution in [-0.2, 0) is 10.8 Å². The Morgan fingerprint density at radius 2 is 1.15 bits per heavy atom. The largest absolute Gasteiger partial charge is 0.263 e. The molecule has 0 atom stereocenters. The predicted octanol–water partition coefficient (Wildman–Crippen LogP) is 9.30. The minimum atomic E-state index is 0.0531. The number of para-hydroxylation sites is 1. The number of rotatable bonds is 4. The fourth-order valence-electron chi connectivity index (χ4n) is 5.62. The zero-order valence-corrected chi connectivity index (χ0v) is 24.7. The molecule has 0 fully saturated rings. The van der Waals surface area contributed by atoms with E-state index in [0.717, 1.165) is 0 Å². The van der Waals surface area contributed by atoms with E-state index in [4.69, 9.17) is 0 Å². The second-order valence-electron chi connectivity index (χ2n) is 12.7. The summed E-state index contributed by atoms with van der Waals surface area (Å²) in [5.74, 6) is 1.17. The molecule has 0 bridgehead atoms. The minimum Gasteiger partial charge on any atom is -0.199 e. The van der Waals surface area contributed by atoms with Gasteiger partial charge >= 0.3 is 0 Å². The average molecular weight is 514 g/mol. The maximum Gasteiger partial charge on any atom is 0.263 e. The van der Waals surface area contributed by atoms with Gasteiger partial charge in [0.05, 0.1) is 0 Å². The van der Waals surface area contributed by atoms with Crippen molar-refractivity contribution in [3.63, 3.8) is 0 Å². The highest BCUT2D eigenvalue weighted by Gasteiger charge is 2.28. The Kier molecular flexibility index (Phi) is 6.84. The third-order valence-electron chi connectivity index (χ3n) is 7.82. The molecule has 5 rings (SSSR count). The summed E-state index contributed by atoms with van der Waals surface area (Å²) in [6.45, 7) is 18.4. The van der Waals surface area contributed by atoms with E-state index < -0.39 is 0 Å². The second-order valence-corrected chi connectivity index (χ2v) is 12.7. The molecule has 0 amide bonds. The molecule has 4 aromatic carbocycles. The molecule has 0 aliphatic carbocycles. The molecule has 1 heterocycles. The molecule has 0 saturated heterocycles. The maximum absolute atomic E-state index is 2.42. The molecular weight excluding hydrogens is 472 g/mol. The molecule has 198 valence electrons. The van der Waals surface area contributed by atoms with Crippen molar-refractivity contribution in [3.05, 3.63) is 126 Å². The highest BCUT2D eigenvalue weighted by molar-refractivity contribution is 5.82. The van der Waals surface area contributed by atoms with Gasteiger partial charge in [0.25, 0.3) is 5.82 Å². The van der Waals surface area contributed by atoms with Crippen LogP contribution in [0.15, 0.2) is 103 Å². The Morgan fingerprint density at radius 3 is 1.64 bits per heavy atom. The SMILES string of the molecule is Cc1c(-n2cc[n+](-c3c(-c4ccccc4)cccc3-c3ccccc3)c2C)cc(C(C)(C)C)cc1C(C)(C)C. The summed E-state index contributed by atoms with van der Waals surface area (Å²) in [6, 6.07) is 32.9. The first-order chi connectivity index (χ1) is 18.5. The lowest BCUT2D eigenvalue weighted by molar-refractivity contribution is -0.600. The Labute approximate surface area is 234 Å². The lowest BCUT2D eigenvalue weighted by Crippen LogP contribution is -2.34. The summed E-state index contributed by atoms with van der Waals surface area (Å²) in [5, 5.41) is 0. The van der Waals surface area contributed by atoms with E-state index in [9.17, 15) is 0 Å². The lowest BCUT2D eigenvalue weighted by atomic mass is 9.78. The Morgan fingerprint density at radius 1 is 0.615 bits per heavy atom. The number of benzene rings is 4. The van der Waals surface area contributed by atoms with Gasteiger partial charge in [-0.25, -0.2) is 0 Å². The van der Waals surface area contributed by atoms with Crippen LogP contribution in [0, 0.1) is 13.8 Å². The summed E-state index contributed by atoms with van der Waals surface area (Å²) < 4.78 is 4.74. The number of aromatic nitrogens is 2. The maximum atomic E-state index is 2.42. The average Bonchev–Trinajstić information content (AvgIpc) is 3.28. The van der Waals surface area contributed by atoms with Gasteiger partial charge in [-0.2, -0.15) is 9.13 Å². The van der Waals surface area contributed by atoms with Gasteiger partial charge in [-0.3, -0.25) is 0 Å². The first-order valence-corrected chi connectivity index (χ1v) is 14.0. The Balaban J connectivity index is 1.79. The van der Waals surface area contributed by atoms with Crippen molar-refractivity contribution in [2.24, 2.45) is 0 Å². The normalized spacial score (nSPS) is 12.1. The fraction of sp³-hybridized carbons (Fsp3) is 0.270. The number of imidazole rings is 1. The van der Waals surface area contributed by atoms with Gasteiger partial charge < -0.3 is 0 Å². The molecular formula is C37H41N2+. The van der Waals surface area contributed by atoms with Crippen molar-refractivity contribution in [1.82, 2.24) is 4.57 Å². The zero-order valence-electron chi connectivity index (χ0n) is 24.7. The number of hydrogen-bond donors (Lipinski definition) is 0. The third-order valence-corrected chi connectivity index (χ3v) is 7.82. The summed E-state index contributed by atoms with van der Waals surface area (Å²) in [6.07, 6.45) is 4.45. The molecule has 2 nitrogen and oxygen atoms in total. The van der Waals surface area contributed by atoms with Crippen LogP contribution in [-0.4, -0.2) is 4.57 Å². The first kappa shape index (κ1) is 26.7. The van der Waals surface area contributed by atoms with E-state index in [-0.39, 0.29) is 10.8 Å². The van der Waals surface area contributed by atoms with E-state index >= 15 is 0 Å². The molecule has 1 aromatic heterocycles. The van der Waals surface area contributed by atoms with E-state index in [0.29, 0.717) is 0 Å². The van der Waals surface area contributed by atoms with Gasteiger partial charge in [-0.15, -0.1) is 0 Å². The van der Waals surface area contributed by atoms with Crippen LogP contribution in [0.25, 0.3) is 33.6 Å². The van der Waals surface area contributed by atoms with E-state index in [1.807, 2.05) is 0 Å². The van der Waals surface area contributed by atoms with Gasteiger partial charge in [0.15, 0.2) is 0 Å². The summed E-state index contributed by atoms with van der Waals surface area (Å²) >= 11 is 0. The van der Waals surface area contributed by atoms with Crippen molar-refractivity contribution >= 4 is 0 Å². The Bertz CT molecular complexity index is 1550. The predicted molar refractivity (Wildman–Crippen MR) is 165 cm³/mol. The smallest absolute Gasteiger partial charge is 0.199 e. The monoisotopic (exact) mass is 513 g/mol. The van der Waals surface area contributed by atoms with Crippen molar-refractivity contribution in [3.8, 4) is 33.6 Å². The van der Waals surface area contributed by atoms with Crippen molar-refractivity contribution in [1.29, 1.82) is 0 Å². The van der Waals surface area contributed by atoms with Crippen LogP contribution in [0.5, 0.6) is 0 Å². The highest BCUT2D eigenvalue weighted by atomic mass is 15.2. The lowest BCUT2D eigenvalue weighted by Gasteiger charge is -2.27. The molecule has 0 unspecified atom stereocenters. The molecule has 39 heavy (non-hydrogen) atoms. The molecule has 5 aromatic rings. The van der Waals surface area contributed by atoms with Crippen LogP contribution >= 0.6 is 0 Å². The molecule has 0 aliphatic heterocycles. The molecule has 2 heteroatoms. The minimum absolute atomic E-state index is 0.0531. The fourth-order valence-corrected chi connectivity index (χ4v) is 5.62. The summed E-state index contributed by atoms with van der Waals surface area (Å²) in [4.78, 5) is 0. The third kappa shape index (κ3) is 5.08. The van der Waals surface area contributed by atoms with E-state index in [1.54, 1.807) is 0 Å². The summed E-state index contributed by atoms with van der Waals surface area (Å²) in [5.41, 5.74) is 11.5. The standard InChI is InChI=1S/C37H41N2/c1-26-33(37(6,7)8)24-30(36(3,4)5)25-34(26)38-22-23-39(27(38)2)35-31(28-16-11-9-12-17-28)20-15-21-32(35)29-18-13-10-14-19-29/h9-25H,1-8H3/q+1. The molecule has 0 radical (unpaired) electrons. The quantitative estimate of drug-likeness (QED) is 0.212. The zero-order chi connectivity index (χ0) is 27.9. The van der Waals surface area contributed by atoms with E-state index in [2.05, 4.69) is 168 Å². The topological polar surface area (TPSA) is 8.81 Å². The number of hydrogen-bond acceptors (Lipinski definition) is 0. The molecule has 0 aliphatic rings. The number of nitrogens with zero attached hydrogens (tertiary/aromatic N) is 2. The Hall–Kier alpha value is -3.91. The van der Waals surface area contributed by atoms with Crippen molar-refractivity contribution < 1.29 is 4.57 Å².